The van der Waals surface area contributed by atoms with E-state index >= 15 is 0 Å². The predicted octanol–water partition coefficient (Wildman–Crippen LogP) is 7.57. The summed E-state index contributed by atoms with van der Waals surface area (Å²) in [6, 6.07) is 15.5. The zero-order valence-electron chi connectivity index (χ0n) is 23.1. The minimum Gasteiger partial charge on any atom is -0.335 e. The first-order valence-electron chi connectivity index (χ1n) is 13.4. The van der Waals surface area contributed by atoms with Crippen molar-refractivity contribution in [3.8, 4) is 11.3 Å². The van der Waals surface area contributed by atoms with Crippen LogP contribution in [0.25, 0.3) is 11.3 Å². The second-order valence-electron chi connectivity index (χ2n) is 9.98. The van der Waals surface area contributed by atoms with E-state index in [4.69, 9.17) is 11.6 Å². The molecule has 0 atom stereocenters. The summed E-state index contributed by atoms with van der Waals surface area (Å²) in [5, 5.41) is 5.80. The van der Waals surface area contributed by atoms with Gasteiger partial charge in [0.15, 0.2) is 0 Å². The van der Waals surface area contributed by atoms with E-state index in [1.54, 1.807) is 48.7 Å². The molecule has 0 radical (unpaired) electrons. The molecular formula is C30H23ClF6N6O2. The van der Waals surface area contributed by atoms with E-state index in [-0.39, 0.29) is 38.2 Å². The average molecular weight is 649 g/mol. The Bertz CT molecular complexity index is 1660. The molecule has 5 rings (SSSR count). The van der Waals surface area contributed by atoms with Gasteiger partial charge in [0.2, 0.25) is 5.95 Å². The maximum Gasteiger partial charge on any atom is 0.416 e. The van der Waals surface area contributed by atoms with Crippen LogP contribution in [0.4, 0.5) is 48.5 Å². The Balaban J connectivity index is 1.17. The highest BCUT2D eigenvalue weighted by molar-refractivity contribution is 6.30. The number of urea groups is 1. The number of halogens is 7. The molecule has 45 heavy (non-hydrogen) atoms. The molecule has 1 aliphatic rings. The van der Waals surface area contributed by atoms with Gasteiger partial charge in [0.25, 0.3) is 5.91 Å². The van der Waals surface area contributed by atoms with Crippen LogP contribution in [0.15, 0.2) is 79.0 Å². The van der Waals surface area contributed by atoms with Crippen molar-refractivity contribution >= 4 is 40.9 Å². The molecule has 1 fully saturated rings. The van der Waals surface area contributed by atoms with Gasteiger partial charge < -0.3 is 20.4 Å². The van der Waals surface area contributed by atoms with E-state index in [0.717, 1.165) is 5.56 Å². The summed E-state index contributed by atoms with van der Waals surface area (Å²) in [6.45, 7) is 0.245. The Kier molecular flexibility index (Phi) is 8.87. The Labute approximate surface area is 257 Å². The number of hydrogen-bond donors (Lipinski definition) is 2. The first-order chi connectivity index (χ1) is 21.3. The van der Waals surface area contributed by atoms with Gasteiger partial charge in [-0.1, -0.05) is 23.7 Å². The van der Waals surface area contributed by atoms with Gasteiger partial charge in [-0.15, -0.1) is 0 Å². The molecule has 1 aliphatic heterocycles. The van der Waals surface area contributed by atoms with Crippen molar-refractivity contribution < 1.29 is 35.9 Å². The second kappa shape index (κ2) is 12.6. The molecule has 3 amide bonds. The molecule has 2 N–H and O–H groups in total. The summed E-state index contributed by atoms with van der Waals surface area (Å²) in [6.07, 6.45) is -8.48. The molecule has 4 aromatic rings. The van der Waals surface area contributed by atoms with Gasteiger partial charge in [0.1, 0.15) is 0 Å². The van der Waals surface area contributed by atoms with E-state index < -0.39 is 35.2 Å². The topological polar surface area (TPSA) is 90.5 Å². The summed E-state index contributed by atoms with van der Waals surface area (Å²) in [7, 11) is 0. The molecule has 0 saturated carbocycles. The van der Waals surface area contributed by atoms with E-state index in [0.29, 0.717) is 40.0 Å². The predicted molar refractivity (Wildman–Crippen MR) is 155 cm³/mol. The van der Waals surface area contributed by atoms with Crippen molar-refractivity contribution in [2.75, 3.05) is 36.8 Å². The van der Waals surface area contributed by atoms with E-state index in [2.05, 4.69) is 20.6 Å². The quantitative estimate of drug-likeness (QED) is 0.218. The SMILES string of the molecule is O=C(Nc1cc(C(F)(F)F)cc(C(F)(F)F)c1)N1CCN(C(=O)c2ccc(Nc3nccc(-c4ccc(Cl)cc4)n3)cc2)CC1. The second-order valence-corrected chi connectivity index (χ2v) is 10.4. The normalized spacial score (nSPS) is 13.8. The van der Waals surface area contributed by atoms with Crippen molar-refractivity contribution in [1.82, 2.24) is 19.8 Å². The van der Waals surface area contributed by atoms with E-state index in [1.165, 1.54) is 9.80 Å². The van der Waals surface area contributed by atoms with Crippen molar-refractivity contribution in [2.45, 2.75) is 12.4 Å². The number of alkyl halides is 6. The van der Waals surface area contributed by atoms with Crippen molar-refractivity contribution in [3.05, 3.63) is 101 Å². The van der Waals surface area contributed by atoms with E-state index in [1.807, 2.05) is 12.1 Å². The lowest BCUT2D eigenvalue weighted by Gasteiger charge is -2.34. The van der Waals surface area contributed by atoms with Gasteiger partial charge in [-0.3, -0.25) is 4.79 Å². The molecule has 1 saturated heterocycles. The number of rotatable bonds is 5. The number of carbonyl (C=O) groups is 2. The van der Waals surface area contributed by atoms with Crippen LogP contribution < -0.4 is 10.6 Å². The third-order valence-corrected chi connectivity index (χ3v) is 7.13. The van der Waals surface area contributed by atoms with Gasteiger partial charge in [-0.05, 0) is 60.7 Å². The van der Waals surface area contributed by atoms with Gasteiger partial charge in [-0.2, -0.15) is 26.3 Å². The molecule has 1 aromatic heterocycles. The van der Waals surface area contributed by atoms with Gasteiger partial charge >= 0.3 is 18.4 Å². The monoisotopic (exact) mass is 648 g/mol. The lowest BCUT2D eigenvalue weighted by Crippen LogP contribution is -2.51. The van der Waals surface area contributed by atoms with Crippen LogP contribution >= 0.6 is 11.6 Å². The molecule has 0 bridgehead atoms. The van der Waals surface area contributed by atoms with Crippen LogP contribution in [0, 0.1) is 0 Å². The van der Waals surface area contributed by atoms with Crippen LogP contribution in [0.2, 0.25) is 5.02 Å². The van der Waals surface area contributed by atoms with Crippen molar-refractivity contribution in [1.29, 1.82) is 0 Å². The van der Waals surface area contributed by atoms with Crippen LogP contribution in [0.1, 0.15) is 21.5 Å². The number of aromatic nitrogens is 2. The fraction of sp³-hybridized carbons (Fsp3) is 0.200. The number of hydrogen-bond acceptors (Lipinski definition) is 5. The minimum absolute atomic E-state index is 0.0171. The minimum atomic E-state index is -5.04. The molecule has 234 valence electrons. The third kappa shape index (κ3) is 7.81. The Hall–Kier alpha value is -4.85. The summed E-state index contributed by atoms with van der Waals surface area (Å²) in [5.74, 6) is 0.0333. The molecule has 2 heterocycles. The largest absolute Gasteiger partial charge is 0.416 e. The highest BCUT2D eigenvalue weighted by Crippen LogP contribution is 2.37. The number of piperazine rings is 1. The number of benzene rings is 3. The Morgan fingerprint density at radius 2 is 1.31 bits per heavy atom. The fourth-order valence-electron chi connectivity index (χ4n) is 4.55. The maximum atomic E-state index is 13.1. The molecule has 8 nitrogen and oxygen atoms in total. The number of carbonyl (C=O) groups excluding carboxylic acids is 2. The number of amides is 3. The first kappa shape index (κ1) is 31.6. The Morgan fingerprint density at radius 3 is 1.89 bits per heavy atom. The third-order valence-electron chi connectivity index (χ3n) is 6.88. The Morgan fingerprint density at radius 1 is 0.733 bits per heavy atom. The highest BCUT2D eigenvalue weighted by Gasteiger charge is 2.37. The highest BCUT2D eigenvalue weighted by atomic mass is 35.5. The lowest BCUT2D eigenvalue weighted by molar-refractivity contribution is -0.143. The molecule has 0 spiro atoms. The molecule has 0 unspecified atom stereocenters. The number of nitrogens with zero attached hydrogens (tertiary/aromatic N) is 4. The van der Waals surface area contributed by atoms with Crippen LogP contribution in [-0.2, 0) is 12.4 Å². The zero-order valence-corrected chi connectivity index (χ0v) is 23.8. The fourth-order valence-corrected chi connectivity index (χ4v) is 4.68. The number of anilines is 3. The van der Waals surface area contributed by atoms with Gasteiger partial charge in [-0.25, -0.2) is 14.8 Å². The standard InChI is InChI=1S/C30H23ClF6N6O2/c31-22-5-1-18(2-6-22)25-9-10-38-27(41-25)39-23-7-3-19(4-8-23)26(44)42-11-13-43(14-12-42)28(45)40-24-16-20(29(32,33)34)15-21(17-24)30(35,36)37/h1-10,15-17H,11-14H2,(H,40,45)(H,38,39,41). The van der Waals surface area contributed by atoms with Crippen LogP contribution in [0.3, 0.4) is 0 Å². The van der Waals surface area contributed by atoms with Gasteiger partial charge in [0.05, 0.1) is 16.8 Å². The molecular weight excluding hydrogens is 626 g/mol. The lowest BCUT2D eigenvalue weighted by atomic mass is 10.1. The average Bonchev–Trinajstić information content (AvgIpc) is 3.01. The summed E-state index contributed by atoms with van der Waals surface area (Å²) in [4.78, 5) is 37.2. The van der Waals surface area contributed by atoms with E-state index in [9.17, 15) is 35.9 Å². The summed E-state index contributed by atoms with van der Waals surface area (Å²) in [5.41, 5.74) is -1.18. The first-order valence-corrected chi connectivity index (χ1v) is 13.7. The van der Waals surface area contributed by atoms with Crippen molar-refractivity contribution in [3.63, 3.8) is 0 Å². The summed E-state index contributed by atoms with van der Waals surface area (Å²) >= 11 is 5.95. The van der Waals surface area contributed by atoms with Crippen molar-refractivity contribution in [2.24, 2.45) is 0 Å². The number of nitrogens with one attached hydrogen (secondary N) is 2. The summed E-state index contributed by atoms with van der Waals surface area (Å²) < 4.78 is 78.9. The van der Waals surface area contributed by atoms with Crippen LogP contribution in [-0.4, -0.2) is 57.9 Å². The van der Waals surface area contributed by atoms with Gasteiger partial charge in [0, 0.05) is 59.9 Å². The molecule has 15 heteroatoms. The maximum absolute atomic E-state index is 13.1. The molecule has 0 aliphatic carbocycles. The smallest absolute Gasteiger partial charge is 0.335 e. The zero-order chi connectivity index (χ0) is 32.4. The molecule has 3 aromatic carbocycles. The van der Waals surface area contributed by atoms with Crippen LogP contribution in [0.5, 0.6) is 0 Å².